The Kier molecular flexibility index (Phi) is 4.65. The molecule has 0 bridgehead atoms. The van der Waals surface area contributed by atoms with Crippen molar-refractivity contribution in [3.05, 3.63) is 30.0 Å². The smallest absolute Gasteiger partial charge is 0.321 e. The molecule has 2 aromatic rings. The third-order valence-corrected chi connectivity index (χ3v) is 6.32. The standard InChI is InChI=1S/C21H30N4O/c1-14(2)24(3)21(26)23-16-6-7-20-18(12-16)19(13-22-20)15-8-10-25-9-4-5-17(25)11-15/h6-7,12-15,17,22H,4-5,8-11H2,1-3H3,(H,23,26). The fourth-order valence-electron chi connectivity index (χ4n) is 4.51. The lowest BCUT2D eigenvalue weighted by Crippen LogP contribution is -2.37. The van der Waals surface area contributed by atoms with Crippen LogP contribution in [0.25, 0.3) is 10.9 Å². The van der Waals surface area contributed by atoms with Gasteiger partial charge in [0.2, 0.25) is 0 Å². The van der Waals surface area contributed by atoms with Crippen molar-refractivity contribution in [3.8, 4) is 0 Å². The molecule has 5 nitrogen and oxygen atoms in total. The first-order chi connectivity index (χ1) is 12.5. The van der Waals surface area contributed by atoms with Gasteiger partial charge in [0, 0.05) is 41.9 Å². The Morgan fingerprint density at radius 3 is 2.96 bits per heavy atom. The highest BCUT2D eigenvalue weighted by atomic mass is 16.2. The number of amides is 2. The molecule has 26 heavy (non-hydrogen) atoms. The molecule has 2 aliphatic heterocycles. The zero-order valence-electron chi connectivity index (χ0n) is 16.1. The van der Waals surface area contributed by atoms with Crippen LogP contribution in [0.4, 0.5) is 10.5 Å². The van der Waals surface area contributed by atoms with Crippen LogP contribution in [0.5, 0.6) is 0 Å². The van der Waals surface area contributed by atoms with E-state index in [9.17, 15) is 4.79 Å². The second kappa shape index (κ2) is 6.95. The van der Waals surface area contributed by atoms with Gasteiger partial charge in [-0.25, -0.2) is 4.79 Å². The largest absolute Gasteiger partial charge is 0.361 e. The molecule has 4 rings (SSSR count). The zero-order chi connectivity index (χ0) is 18.3. The van der Waals surface area contributed by atoms with Gasteiger partial charge in [-0.2, -0.15) is 0 Å². The highest BCUT2D eigenvalue weighted by molar-refractivity contribution is 5.94. The van der Waals surface area contributed by atoms with Gasteiger partial charge in [-0.15, -0.1) is 0 Å². The molecule has 140 valence electrons. The van der Waals surface area contributed by atoms with Crippen LogP contribution in [-0.4, -0.2) is 53.0 Å². The zero-order valence-corrected chi connectivity index (χ0v) is 16.1. The molecule has 2 unspecified atom stereocenters. The summed E-state index contributed by atoms with van der Waals surface area (Å²) >= 11 is 0. The Labute approximate surface area is 155 Å². The van der Waals surface area contributed by atoms with E-state index in [1.807, 2.05) is 27.0 Å². The minimum absolute atomic E-state index is 0.0595. The van der Waals surface area contributed by atoms with Crippen LogP contribution in [-0.2, 0) is 0 Å². The molecule has 2 N–H and O–H groups in total. The number of benzene rings is 1. The van der Waals surface area contributed by atoms with E-state index in [0.29, 0.717) is 5.92 Å². The van der Waals surface area contributed by atoms with Crippen LogP contribution in [0.1, 0.15) is 51.0 Å². The molecule has 0 saturated carbocycles. The predicted octanol–water partition coefficient (Wildman–Crippen LogP) is 4.38. The van der Waals surface area contributed by atoms with E-state index in [2.05, 4.69) is 33.5 Å². The van der Waals surface area contributed by atoms with Gasteiger partial charge >= 0.3 is 6.03 Å². The highest BCUT2D eigenvalue weighted by Gasteiger charge is 2.33. The van der Waals surface area contributed by atoms with Crippen molar-refractivity contribution in [1.82, 2.24) is 14.8 Å². The van der Waals surface area contributed by atoms with Gasteiger partial charge in [0.05, 0.1) is 0 Å². The maximum atomic E-state index is 12.3. The molecule has 2 saturated heterocycles. The first kappa shape index (κ1) is 17.4. The summed E-state index contributed by atoms with van der Waals surface area (Å²) in [6, 6.07) is 7.08. The van der Waals surface area contributed by atoms with E-state index in [1.165, 1.54) is 49.7 Å². The van der Waals surface area contributed by atoms with E-state index in [0.717, 1.165) is 17.2 Å². The molecular formula is C21H30N4O. The first-order valence-electron chi connectivity index (χ1n) is 9.92. The Balaban J connectivity index is 1.56. The third kappa shape index (κ3) is 3.20. The van der Waals surface area contributed by atoms with Crippen molar-refractivity contribution < 1.29 is 4.79 Å². The molecule has 1 aromatic heterocycles. The van der Waals surface area contributed by atoms with E-state index < -0.39 is 0 Å². The monoisotopic (exact) mass is 354 g/mol. The number of fused-ring (bicyclic) bond motifs is 2. The maximum absolute atomic E-state index is 12.3. The number of H-pyrrole nitrogens is 1. The van der Waals surface area contributed by atoms with Crippen LogP contribution < -0.4 is 5.32 Å². The van der Waals surface area contributed by atoms with E-state index in [1.54, 1.807) is 4.90 Å². The topological polar surface area (TPSA) is 51.4 Å². The molecule has 3 heterocycles. The second-order valence-corrected chi connectivity index (χ2v) is 8.19. The Morgan fingerprint density at radius 1 is 1.31 bits per heavy atom. The molecule has 1 aromatic carbocycles. The number of urea groups is 1. The number of nitrogens with one attached hydrogen (secondary N) is 2. The summed E-state index contributed by atoms with van der Waals surface area (Å²) < 4.78 is 0. The normalized spacial score (nSPS) is 23.4. The molecule has 2 atom stereocenters. The summed E-state index contributed by atoms with van der Waals surface area (Å²) in [5.74, 6) is 0.618. The van der Waals surface area contributed by atoms with Gasteiger partial charge in [0.15, 0.2) is 0 Å². The first-order valence-corrected chi connectivity index (χ1v) is 9.92. The van der Waals surface area contributed by atoms with E-state index >= 15 is 0 Å². The number of carbonyl (C=O) groups is 1. The SMILES string of the molecule is CC(C)N(C)C(=O)Nc1ccc2[nH]cc(C3CCN4CCCC4C3)c2c1. The number of rotatable bonds is 3. The maximum Gasteiger partial charge on any atom is 0.321 e. The quantitative estimate of drug-likeness (QED) is 0.859. The van der Waals surface area contributed by atoms with Crippen LogP contribution in [0.2, 0.25) is 0 Å². The fourth-order valence-corrected chi connectivity index (χ4v) is 4.51. The highest BCUT2D eigenvalue weighted by Crippen LogP contribution is 2.39. The summed E-state index contributed by atoms with van der Waals surface area (Å²) in [4.78, 5) is 20.2. The van der Waals surface area contributed by atoms with Crippen LogP contribution in [0.15, 0.2) is 24.4 Å². The molecular weight excluding hydrogens is 324 g/mol. The summed E-state index contributed by atoms with van der Waals surface area (Å²) in [6.45, 7) is 6.54. The summed E-state index contributed by atoms with van der Waals surface area (Å²) in [7, 11) is 1.83. The van der Waals surface area contributed by atoms with E-state index in [4.69, 9.17) is 0 Å². The van der Waals surface area contributed by atoms with Crippen LogP contribution >= 0.6 is 0 Å². The van der Waals surface area contributed by atoms with Crippen LogP contribution in [0.3, 0.4) is 0 Å². The lowest BCUT2D eigenvalue weighted by molar-refractivity contribution is 0.181. The number of hydrogen-bond donors (Lipinski definition) is 2. The van der Waals surface area contributed by atoms with E-state index in [-0.39, 0.29) is 12.1 Å². The van der Waals surface area contributed by atoms with Gasteiger partial charge in [-0.1, -0.05) is 0 Å². The molecule has 2 amide bonds. The lowest BCUT2D eigenvalue weighted by Gasteiger charge is -2.34. The molecule has 0 aliphatic carbocycles. The average Bonchev–Trinajstić information content (AvgIpc) is 3.26. The number of nitrogens with zero attached hydrogens (tertiary/aromatic N) is 2. The minimum atomic E-state index is -0.0595. The molecule has 0 radical (unpaired) electrons. The van der Waals surface area contributed by atoms with Gasteiger partial charge in [-0.3, -0.25) is 0 Å². The number of hydrogen-bond acceptors (Lipinski definition) is 2. The summed E-state index contributed by atoms with van der Waals surface area (Å²) in [5, 5.41) is 4.29. The Bertz CT molecular complexity index is 796. The Hall–Kier alpha value is -2.01. The number of aromatic amines is 1. The average molecular weight is 354 g/mol. The summed E-state index contributed by atoms with van der Waals surface area (Å²) in [6.07, 6.45) is 7.38. The Morgan fingerprint density at radius 2 is 2.15 bits per heavy atom. The van der Waals surface area contributed by atoms with Gasteiger partial charge in [-0.05, 0) is 82.3 Å². The van der Waals surface area contributed by atoms with Crippen molar-refractivity contribution >= 4 is 22.6 Å². The van der Waals surface area contributed by atoms with Gasteiger partial charge in [0.1, 0.15) is 0 Å². The number of piperidine rings is 1. The van der Waals surface area contributed by atoms with Crippen molar-refractivity contribution in [1.29, 1.82) is 0 Å². The second-order valence-electron chi connectivity index (χ2n) is 8.19. The van der Waals surface area contributed by atoms with Gasteiger partial charge in [0.25, 0.3) is 0 Å². The van der Waals surface area contributed by atoms with Crippen molar-refractivity contribution in [2.75, 3.05) is 25.5 Å². The number of carbonyl (C=O) groups excluding carboxylic acids is 1. The predicted molar refractivity (Wildman–Crippen MR) is 107 cm³/mol. The molecule has 2 fully saturated rings. The lowest BCUT2D eigenvalue weighted by atomic mass is 9.85. The minimum Gasteiger partial charge on any atom is -0.361 e. The number of aromatic nitrogens is 1. The summed E-state index contributed by atoms with van der Waals surface area (Å²) in [5.41, 5.74) is 3.44. The van der Waals surface area contributed by atoms with Crippen molar-refractivity contribution in [2.45, 2.75) is 57.5 Å². The molecule has 5 heteroatoms. The fraction of sp³-hybridized carbons (Fsp3) is 0.571. The molecule has 2 aliphatic rings. The van der Waals surface area contributed by atoms with Gasteiger partial charge < -0.3 is 20.1 Å². The molecule has 0 spiro atoms. The van der Waals surface area contributed by atoms with Crippen molar-refractivity contribution in [3.63, 3.8) is 0 Å². The number of anilines is 1. The third-order valence-electron chi connectivity index (χ3n) is 6.32. The van der Waals surface area contributed by atoms with Crippen LogP contribution in [0, 0.1) is 0 Å². The van der Waals surface area contributed by atoms with Crippen molar-refractivity contribution in [2.24, 2.45) is 0 Å².